The lowest BCUT2D eigenvalue weighted by molar-refractivity contribution is -0.0988. The van der Waals surface area contributed by atoms with Gasteiger partial charge in [-0.05, 0) is 6.92 Å². The number of rotatable bonds is 3. The van der Waals surface area contributed by atoms with E-state index in [-0.39, 0.29) is 12.4 Å². The molecule has 0 saturated carbocycles. The molecule has 0 aliphatic carbocycles. The number of carbonyl (C=O) groups is 1. The largest absolute Gasteiger partial charge is 0.394 e. The molecule has 2 aliphatic heterocycles. The Balaban J connectivity index is 2.20. The Hall–Kier alpha value is -1.26. The lowest BCUT2D eigenvalue weighted by Gasteiger charge is -2.42. The Morgan fingerprint density at radius 1 is 1.55 bits per heavy atom. The van der Waals surface area contributed by atoms with Crippen molar-refractivity contribution >= 4 is 11.9 Å². The maximum atomic E-state index is 11.9. The molecule has 20 heavy (non-hydrogen) atoms. The van der Waals surface area contributed by atoms with Crippen LogP contribution in [0.25, 0.3) is 0 Å². The predicted octanol–water partition coefficient (Wildman–Crippen LogP) is -2.17. The van der Waals surface area contributed by atoms with Gasteiger partial charge in [0.05, 0.1) is 13.2 Å². The molecule has 9 nitrogen and oxygen atoms in total. The number of urea groups is 1. The second-order valence-electron chi connectivity index (χ2n) is 5.10. The number of hydrogen-bond acceptors (Lipinski definition) is 7. The topological polar surface area (TPSA) is 135 Å². The minimum atomic E-state index is -1.34. The molecule has 9 heteroatoms. The summed E-state index contributed by atoms with van der Waals surface area (Å²) in [4.78, 5) is 13.1. The fourth-order valence-electron chi connectivity index (χ4n) is 2.30. The van der Waals surface area contributed by atoms with Gasteiger partial charge in [-0.1, -0.05) is 0 Å². The molecule has 2 heterocycles. The lowest BCUT2D eigenvalue weighted by atomic mass is 10.0. The van der Waals surface area contributed by atoms with Crippen LogP contribution in [-0.4, -0.2) is 82.5 Å². The Morgan fingerprint density at radius 2 is 2.20 bits per heavy atom. The molecule has 0 aromatic rings. The number of nitrogens with one attached hydrogen (secondary N) is 2. The van der Waals surface area contributed by atoms with Gasteiger partial charge in [-0.25, -0.2) is 4.79 Å². The molecule has 5 N–H and O–H groups in total. The molecule has 2 fully saturated rings. The number of aliphatic hydroxyl groups is 3. The van der Waals surface area contributed by atoms with Crippen molar-refractivity contribution in [3.63, 3.8) is 0 Å². The number of carbonyl (C=O) groups excluding carboxylic acids is 1. The second-order valence-corrected chi connectivity index (χ2v) is 5.10. The van der Waals surface area contributed by atoms with Crippen LogP contribution in [0.1, 0.15) is 6.92 Å². The SMILES string of the molecule is COC1(C)CN([C@@H]2O[C@H](CO)[C@@H](O)[C@H]2O)C(=O)NC1=N. The Kier molecular flexibility index (Phi) is 3.98. The van der Waals surface area contributed by atoms with E-state index in [2.05, 4.69) is 5.32 Å². The van der Waals surface area contributed by atoms with Crippen LogP contribution < -0.4 is 5.32 Å². The fourth-order valence-corrected chi connectivity index (χ4v) is 2.30. The zero-order valence-corrected chi connectivity index (χ0v) is 11.2. The molecule has 0 radical (unpaired) electrons. The smallest absolute Gasteiger partial charge is 0.325 e. The standard InChI is InChI=1S/C11H19N3O6/c1-11(19-2)4-14(10(18)13-9(11)12)8-7(17)6(16)5(3-15)20-8/h5-8,15-17H,3-4H2,1-2H3,(H2,12,13,18)/t5-,6-,7-,8-,11?/m1/s1. The van der Waals surface area contributed by atoms with Crippen molar-refractivity contribution < 1.29 is 29.6 Å². The number of hydrogen-bond donors (Lipinski definition) is 5. The second kappa shape index (κ2) is 5.26. The van der Waals surface area contributed by atoms with Crippen LogP contribution in [0.4, 0.5) is 4.79 Å². The Labute approximate surface area is 115 Å². The molecule has 2 rings (SSSR count). The van der Waals surface area contributed by atoms with Crippen LogP contribution in [0.5, 0.6) is 0 Å². The molecule has 2 amide bonds. The average Bonchev–Trinajstić information content (AvgIpc) is 2.70. The molecule has 5 atom stereocenters. The van der Waals surface area contributed by atoms with Gasteiger partial charge >= 0.3 is 6.03 Å². The molecule has 1 unspecified atom stereocenters. The first-order valence-electron chi connectivity index (χ1n) is 6.18. The summed E-state index contributed by atoms with van der Waals surface area (Å²) in [5, 5.41) is 38.8. The number of ether oxygens (including phenoxy) is 2. The van der Waals surface area contributed by atoms with Gasteiger partial charge in [-0.2, -0.15) is 0 Å². The first-order valence-corrected chi connectivity index (χ1v) is 6.18. The number of amidine groups is 1. The number of aliphatic hydroxyl groups excluding tert-OH is 3. The molecular formula is C11H19N3O6. The molecule has 114 valence electrons. The summed E-state index contributed by atoms with van der Waals surface area (Å²) < 4.78 is 10.5. The van der Waals surface area contributed by atoms with Gasteiger partial charge in [-0.3, -0.25) is 15.6 Å². The van der Waals surface area contributed by atoms with Crippen LogP contribution in [0.3, 0.4) is 0 Å². The first-order chi connectivity index (χ1) is 9.34. The minimum Gasteiger partial charge on any atom is -0.394 e. The van der Waals surface area contributed by atoms with E-state index in [0.29, 0.717) is 0 Å². The number of methoxy groups -OCH3 is 1. The van der Waals surface area contributed by atoms with Gasteiger partial charge < -0.3 is 24.8 Å². The maximum Gasteiger partial charge on any atom is 0.325 e. The van der Waals surface area contributed by atoms with E-state index in [1.165, 1.54) is 7.11 Å². The van der Waals surface area contributed by atoms with Gasteiger partial charge in [0.1, 0.15) is 29.7 Å². The van der Waals surface area contributed by atoms with Crippen molar-refractivity contribution in [2.24, 2.45) is 0 Å². The van der Waals surface area contributed by atoms with Crippen LogP contribution in [0.15, 0.2) is 0 Å². The highest BCUT2D eigenvalue weighted by Gasteiger charge is 2.51. The molecule has 2 aliphatic rings. The molecule has 0 aromatic heterocycles. The van der Waals surface area contributed by atoms with Crippen molar-refractivity contribution in [2.45, 2.75) is 37.1 Å². The third kappa shape index (κ3) is 2.27. The van der Waals surface area contributed by atoms with Gasteiger partial charge in [0.25, 0.3) is 0 Å². The van der Waals surface area contributed by atoms with Gasteiger partial charge in [0.15, 0.2) is 6.23 Å². The van der Waals surface area contributed by atoms with Crippen LogP contribution in [0, 0.1) is 5.41 Å². The van der Waals surface area contributed by atoms with Gasteiger partial charge in [0, 0.05) is 7.11 Å². The number of amides is 2. The van der Waals surface area contributed by atoms with Crippen molar-refractivity contribution in [3.05, 3.63) is 0 Å². The first kappa shape index (κ1) is 15.1. The fraction of sp³-hybridized carbons (Fsp3) is 0.818. The maximum absolute atomic E-state index is 11.9. The molecule has 0 bridgehead atoms. The highest BCUT2D eigenvalue weighted by molar-refractivity contribution is 6.03. The van der Waals surface area contributed by atoms with E-state index < -0.39 is 42.8 Å². The van der Waals surface area contributed by atoms with Gasteiger partial charge in [0.2, 0.25) is 0 Å². The summed E-state index contributed by atoms with van der Waals surface area (Å²) in [5.74, 6) is -0.0898. The van der Waals surface area contributed by atoms with Crippen LogP contribution in [-0.2, 0) is 9.47 Å². The van der Waals surface area contributed by atoms with Crippen molar-refractivity contribution in [3.8, 4) is 0 Å². The van der Waals surface area contributed by atoms with E-state index in [1.54, 1.807) is 6.92 Å². The van der Waals surface area contributed by atoms with E-state index >= 15 is 0 Å². The van der Waals surface area contributed by atoms with E-state index in [1.807, 2.05) is 0 Å². The highest BCUT2D eigenvalue weighted by atomic mass is 16.6. The third-order valence-electron chi connectivity index (χ3n) is 3.77. The molecule has 0 aromatic carbocycles. The van der Waals surface area contributed by atoms with Crippen molar-refractivity contribution in [1.82, 2.24) is 10.2 Å². The van der Waals surface area contributed by atoms with E-state index in [9.17, 15) is 15.0 Å². The average molecular weight is 289 g/mol. The normalized spacial score (nSPS) is 42.0. The summed E-state index contributed by atoms with van der Waals surface area (Å²) in [6.45, 7) is 1.13. The van der Waals surface area contributed by atoms with Crippen LogP contribution >= 0.6 is 0 Å². The van der Waals surface area contributed by atoms with Crippen LogP contribution in [0.2, 0.25) is 0 Å². The molecule has 0 spiro atoms. The Bertz CT molecular complexity index is 419. The lowest BCUT2D eigenvalue weighted by Crippen LogP contribution is -2.67. The summed E-state index contributed by atoms with van der Waals surface area (Å²) >= 11 is 0. The zero-order valence-electron chi connectivity index (χ0n) is 11.2. The van der Waals surface area contributed by atoms with Crippen molar-refractivity contribution in [1.29, 1.82) is 5.41 Å². The monoisotopic (exact) mass is 289 g/mol. The highest BCUT2D eigenvalue weighted by Crippen LogP contribution is 2.28. The number of nitrogens with zero attached hydrogens (tertiary/aromatic N) is 1. The molecular weight excluding hydrogens is 270 g/mol. The molecule has 2 saturated heterocycles. The quantitative estimate of drug-likeness (QED) is 0.401. The Morgan fingerprint density at radius 3 is 2.70 bits per heavy atom. The minimum absolute atomic E-state index is 0.0131. The van der Waals surface area contributed by atoms with E-state index in [0.717, 1.165) is 4.90 Å². The summed E-state index contributed by atoms with van der Waals surface area (Å²) in [7, 11) is 1.40. The summed E-state index contributed by atoms with van der Waals surface area (Å²) in [6, 6.07) is -0.626. The summed E-state index contributed by atoms with van der Waals surface area (Å²) in [5.41, 5.74) is -1.06. The predicted molar refractivity (Wildman–Crippen MR) is 66.1 cm³/mol. The zero-order chi connectivity index (χ0) is 15.1. The third-order valence-corrected chi connectivity index (χ3v) is 3.77. The van der Waals surface area contributed by atoms with Gasteiger partial charge in [-0.15, -0.1) is 0 Å². The summed E-state index contributed by atoms with van der Waals surface area (Å²) in [6.07, 6.45) is -4.69. The van der Waals surface area contributed by atoms with Crippen molar-refractivity contribution in [2.75, 3.05) is 20.3 Å². The van der Waals surface area contributed by atoms with E-state index in [4.69, 9.17) is 20.0 Å².